The van der Waals surface area contributed by atoms with E-state index < -0.39 is 5.97 Å². The number of hydrogen-bond donors (Lipinski definition) is 2. The molecule has 6 nitrogen and oxygen atoms in total. The number of benzene rings is 1. The van der Waals surface area contributed by atoms with E-state index in [0.29, 0.717) is 18.0 Å². The monoisotopic (exact) mass is 252 g/mol. The van der Waals surface area contributed by atoms with E-state index in [1.165, 1.54) is 31.2 Å². The molecule has 0 heterocycles. The van der Waals surface area contributed by atoms with Crippen LogP contribution in [0.15, 0.2) is 18.2 Å². The van der Waals surface area contributed by atoms with Gasteiger partial charge in [-0.25, -0.2) is 4.79 Å². The Hall–Kier alpha value is -2.08. The van der Waals surface area contributed by atoms with Crippen LogP contribution in [-0.4, -0.2) is 37.7 Å². The Morgan fingerprint density at radius 2 is 2.11 bits per heavy atom. The lowest BCUT2D eigenvalue weighted by Gasteiger charge is -2.19. The zero-order valence-electron chi connectivity index (χ0n) is 10.3. The SMILES string of the molecule is COCCC(=O)N(C)c1ccc(N)cc1C(=O)O. The third kappa shape index (κ3) is 3.21. The number of ether oxygens (including phenoxy) is 1. The second kappa shape index (κ2) is 6.02. The van der Waals surface area contributed by atoms with E-state index in [1.54, 1.807) is 6.07 Å². The topological polar surface area (TPSA) is 92.9 Å². The van der Waals surface area contributed by atoms with Crippen molar-refractivity contribution >= 4 is 23.3 Å². The summed E-state index contributed by atoms with van der Waals surface area (Å²) < 4.78 is 4.81. The van der Waals surface area contributed by atoms with E-state index in [9.17, 15) is 9.59 Å². The first-order valence-corrected chi connectivity index (χ1v) is 5.35. The maximum absolute atomic E-state index is 11.8. The van der Waals surface area contributed by atoms with Gasteiger partial charge in [0.1, 0.15) is 0 Å². The molecular weight excluding hydrogens is 236 g/mol. The molecule has 98 valence electrons. The molecular formula is C12H16N2O4. The largest absolute Gasteiger partial charge is 0.478 e. The third-order valence-electron chi connectivity index (χ3n) is 2.51. The minimum absolute atomic E-state index is 0.00302. The fraction of sp³-hybridized carbons (Fsp3) is 0.333. The van der Waals surface area contributed by atoms with Gasteiger partial charge in [-0.1, -0.05) is 0 Å². The molecule has 1 aromatic carbocycles. The molecule has 0 aliphatic heterocycles. The van der Waals surface area contributed by atoms with Gasteiger partial charge in [0.05, 0.1) is 24.3 Å². The van der Waals surface area contributed by atoms with E-state index in [2.05, 4.69) is 0 Å². The summed E-state index contributed by atoms with van der Waals surface area (Å²) in [5.74, 6) is -1.34. The highest BCUT2D eigenvalue weighted by Gasteiger charge is 2.18. The average molecular weight is 252 g/mol. The summed E-state index contributed by atoms with van der Waals surface area (Å²) in [6.07, 6.45) is 0.191. The molecule has 1 aromatic rings. The van der Waals surface area contributed by atoms with Gasteiger partial charge in [0, 0.05) is 19.8 Å². The Bertz CT molecular complexity index is 459. The van der Waals surface area contributed by atoms with Crippen LogP contribution in [0.2, 0.25) is 0 Å². The van der Waals surface area contributed by atoms with Crippen LogP contribution < -0.4 is 10.6 Å². The van der Waals surface area contributed by atoms with Gasteiger partial charge in [0.15, 0.2) is 0 Å². The van der Waals surface area contributed by atoms with Crippen molar-refractivity contribution < 1.29 is 19.4 Å². The number of carboxylic acids is 1. The number of methoxy groups -OCH3 is 1. The van der Waals surface area contributed by atoms with Gasteiger partial charge >= 0.3 is 5.97 Å². The summed E-state index contributed by atoms with van der Waals surface area (Å²) in [7, 11) is 3.02. The highest BCUT2D eigenvalue weighted by Crippen LogP contribution is 2.22. The number of carbonyl (C=O) groups excluding carboxylic acids is 1. The highest BCUT2D eigenvalue weighted by molar-refractivity contribution is 6.02. The lowest BCUT2D eigenvalue weighted by atomic mass is 10.1. The Kier molecular flexibility index (Phi) is 4.67. The van der Waals surface area contributed by atoms with Crippen LogP contribution >= 0.6 is 0 Å². The molecule has 0 saturated carbocycles. The van der Waals surface area contributed by atoms with Crippen LogP contribution in [0.1, 0.15) is 16.8 Å². The van der Waals surface area contributed by atoms with Gasteiger partial charge < -0.3 is 20.5 Å². The van der Waals surface area contributed by atoms with Crippen LogP contribution in [0.5, 0.6) is 0 Å². The average Bonchev–Trinajstić information content (AvgIpc) is 2.34. The summed E-state index contributed by atoms with van der Waals surface area (Å²) in [6, 6.07) is 4.41. The first kappa shape index (κ1) is 14.0. The fourth-order valence-corrected chi connectivity index (χ4v) is 1.51. The second-order valence-electron chi connectivity index (χ2n) is 3.78. The molecule has 0 radical (unpaired) electrons. The van der Waals surface area contributed by atoms with Crippen molar-refractivity contribution in [2.75, 3.05) is 31.4 Å². The number of nitrogen functional groups attached to an aromatic ring is 1. The molecule has 0 aromatic heterocycles. The molecule has 3 N–H and O–H groups in total. The predicted octanol–water partition coefficient (Wildman–Crippen LogP) is 0.966. The Morgan fingerprint density at radius 3 is 2.67 bits per heavy atom. The number of aromatic carboxylic acids is 1. The number of carboxylic acid groups (broad SMARTS) is 1. The fourth-order valence-electron chi connectivity index (χ4n) is 1.51. The van der Waals surface area contributed by atoms with Crippen LogP contribution in [0.4, 0.5) is 11.4 Å². The van der Waals surface area contributed by atoms with Gasteiger partial charge in [0.2, 0.25) is 5.91 Å². The van der Waals surface area contributed by atoms with Crippen molar-refractivity contribution in [3.63, 3.8) is 0 Å². The molecule has 0 bridgehead atoms. The van der Waals surface area contributed by atoms with Gasteiger partial charge in [-0.2, -0.15) is 0 Å². The van der Waals surface area contributed by atoms with E-state index in [1.807, 2.05) is 0 Å². The van der Waals surface area contributed by atoms with Crippen LogP contribution in [0.3, 0.4) is 0 Å². The molecule has 1 amide bonds. The summed E-state index contributed by atoms with van der Waals surface area (Å²) in [4.78, 5) is 24.2. The summed E-state index contributed by atoms with van der Waals surface area (Å²) in [6.45, 7) is 0.292. The second-order valence-corrected chi connectivity index (χ2v) is 3.78. The predicted molar refractivity (Wildman–Crippen MR) is 67.7 cm³/mol. The van der Waals surface area contributed by atoms with Crippen molar-refractivity contribution in [3.8, 4) is 0 Å². The standard InChI is InChI=1S/C12H16N2O4/c1-14(11(15)5-6-18-2)10-4-3-8(13)7-9(10)12(16)17/h3-4,7H,5-6,13H2,1-2H3,(H,16,17). The van der Waals surface area contributed by atoms with Crippen LogP contribution in [0, 0.1) is 0 Å². The van der Waals surface area contributed by atoms with E-state index in [4.69, 9.17) is 15.6 Å². The number of anilines is 2. The summed E-state index contributed by atoms with van der Waals surface area (Å²) in [5.41, 5.74) is 6.20. The minimum Gasteiger partial charge on any atom is -0.478 e. The number of nitrogens with zero attached hydrogens (tertiary/aromatic N) is 1. The number of rotatable bonds is 5. The molecule has 18 heavy (non-hydrogen) atoms. The van der Waals surface area contributed by atoms with E-state index in [0.717, 1.165) is 0 Å². The Balaban J connectivity index is 3.01. The Morgan fingerprint density at radius 1 is 1.44 bits per heavy atom. The normalized spacial score (nSPS) is 10.1. The van der Waals surface area contributed by atoms with Crippen molar-refractivity contribution in [3.05, 3.63) is 23.8 Å². The maximum Gasteiger partial charge on any atom is 0.337 e. The third-order valence-corrected chi connectivity index (χ3v) is 2.51. The molecule has 1 rings (SSSR count). The molecule has 0 unspecified atom stereocenters. The van der Waals surface area contributed by atoms with Gasteiger partial charge in [-0.05, 0) is 18.2 Å². The minimum atomic E-state index is -1.12. The zero-order valence-corrected chi connectivity index (χ0v) is 10.3. The van der Waals surface area contributed by atoms with E-state index >= 15 is 0 Å². The molecule has 6 heteroatoms. The van der Waals surface area contributed by atoms with Crippen molar-refractivity contribution in [1.29, 1.82) is 0 Å². The quantitative estimate of drug-likeness (QED) is 0.761. The lowest BCUT2D eigenvalue weighted by molar-refractivity contribution is -0.119. The number of hydrogen-bond acceptors (Lipinski definition) is 4. The maximum atomic E-state index is 11.8. The first-order valence-electron chi connectivity index (χ1n) is 5.35. The zero-order chi connectivity index (χ0) is 13.7. The number of amides is 1. The summed E-state index contributed by atoms with van der Waals surface area (Å²) >= 11 is 0. The van der Waals surface area contributed by atoms with E-state index in [-0.39, 0.29) is 17.9 Å². The molecule has 0 aliphatic rings. The molecule has 0 fully saturated rings. The van der Waals surface area contributed by atoms with Crippen molar-refractivity contribution in [2.24, 2.45) is 0 Å². The Labute approximate surface area is 105 Å². The van der Waals surface area contributed by atoms with Gasteiger partial charge in [-0.3, -0.25) is 4.79 Å². The molecule has 0 saturated heterocycles. The lowest BCUT2D eigenvalue weighted by Crippen LogP contribution is -2.28. The smallest absolute Gasteiger partial charge is 0.337 e. The number of carbonyl (C=O) groups is 2. The van der Waals surface area contributed by atoms with Gasteiger partial charge in [0.25, 0.3) is 0 Å². The molecule has 0 spiro atoms. The molecule has 0 aliphatic carbocycles. The van der Waals surface area contributed by atoms with Crippen molar-refractivity contribution in [1.82, 2.24) is 0 Å². The van der Waals surface area contributed by atoms with Crippen molar-refractivity contribution in [2.45, 2.75) is 6.42 Å². The van der Waals surface area contributed by atoms with Crippen LogP contribution in [0.25, 0.3) is 0 Å². The summed E-state index contributed by atoms with van der Waals surface area (Å²) in [5, 5.41) is 9.08. The van der Waals surface area contributed by atoms with Gasteiger partial charge in [-0.15, -0.1) is 0 Å². The molecule has 0 atom stereocenters. The van der Waals surface area contributed by atoms with Crippen LogP contribution in [-0.2, 0) is 9.53 Å². The number of nitrogens with two attached hydrogens (primary N) is 1. The first-order chi connectivity index (χ1) is 8.47. The highest BCUT2D eigenvalue weighted by atomic mass is 16.5.